The highest BCUT2D eigenvalue weighted by molar-refractivity contribution is 7.80. The molecule has 1 aromatic carbocycles. The first-order valence-electron chi connectivity index (χ1n) is 4.57. The highest BCUT2D eigenvalue weighted by Gasteiger charge is 2.04. The second-order valence-corrected chi connectivity index (χ2v) is 3.67. The van der Waals surface area contributed by atoms with Gasteiger partial charge in [0.25, 0.3) is 0 Å². The average molecular weight is 220 g/mol. The van der Waals surface area contributed by atoms with Crippen LogP contribution in [0.2, 0.25) is 0 Å². The van der Waals surface area contributed by atoms with Crippen molar-refractivity contribution in [3.63, 3.8) is 0 Å². The molecule has 2 aromatic rings. The summed E-state index contributed by atoms with van der Waals surface area (Å²) in [7, 11) is 3.57. The summed E-state index contributed by atoms with van der Waals surface area (Å²) in [6.45, 7) is 0. The largest absolute Gasteiger partial charge is 0.497 e. The fraction of sp³-hybridized carbons (Fsp3) is 0.182. The summed E-state index contributed by atoms with van der Waals surface area (Å²) in [6.07, 6.45) is 1.95. The van der Waals surface area contributed by atoms with Gasteiger partial charge >= 0.3 is 0 Å². The third-order valence-electron chi connectivity index (χ3n) is 2.24. The number of benzene rings is 1. The van der Waals surface area contributed by atoms with Gasteiger partial charge in [0.1, 0.15) is 5.75 Å². The molecule has 0 radical (unpaired) electrons. The van der Waals surface area contributed by atoms with E-state index in [0.29, 0.717) is 5.16 Å². The molecule has 0 unspecified atom stereocenters. The molecular formula is C11H12N2OS. The van der Waals surface area contributed by atoms with Crippen LogP contribution in [0.4, 0.5) is 0 Å². The van der Waals surface area contributed by atoms with E-state index in [4.69, 9.17) is 4.74 Å². The number of ether oxygens (including phenoxy) is 1. The fourth-order valence-electron chi connectivity index (χ4n) is 1.36. The Balaban J connectivity index is 2.37. The van der Waals surface area contributed by atoms with Gasteiger partial charge in [0.05, 0.1) is 12.8 Å². The van der Waals surface area contributed by atoms with Crippen molar-refractivity contribution in [1.82, 2.24) is 9.55 Å². The molecule has 0 spiro atoms. The molecule has 78 valence electrons. The number of aryl methyl sites for hydroxylation is 1. The first kappa shape index (κ1) is 10.1. The van der Waals surface area contributed by atoms with Gasteiger partial charge in [-0.2, -0.15) is 0 Å². The van der Waals surface area contributed by atoms with Crippen molar-refractivity contribution >= 4 is 12.6 Å². The second-order valence-electron chi connectivity index (χ2n) is 3.27. The number of rotatable bonds is 2. The maximum Gasteiger partial charge on any atom is 0.165 e. The van der Waals surface area contributed by atoms with Gasteiger partial charge in [-0.1, -0.05) is 0 Å². The Labute approximate surface area is 94.1 Å². The number of hydrogen-bond acceptors (Lipinski definition) is 3. The lowest BCUT2D eigenvalue weighted by Crippen LogP contribution is -1.83. The monoisotopic (exact) mass is 220 g/mol. The Hall–Kier alpha value is -1.42. The summed E-state index contributed by atoms with van der Waals surface area (Å²) >= 11 is 4.23. The minimum atomic E-state index is 0.709. The second kappa shape index (κ2) is 3.98. The molecule has 3 nitrogen and oxygen atoms in total. The normalized spacial score (nSPS) is 10.3. The van der Waals surface area contributed by atoms with Crippen molar-refractivity contribution in [3.05, 3.63) is 30.5 Å². The Kier molecular flexibility index (Phi) is 2.68. The molecule has 4 heteroatoms. The van der Waals surface area contributed by atoms with Crippen molar-refractivity contribution in [3.8, 4) is 17.0 Å². The van der Waals surface area contributed by atoms with Gasteiger partial charge in [0.2, 0.25) is 0 Å². The van der Waals surface area contributed by atoms with Crippen molar-refractivity contribution in [2.75, 3.05) is 7.11 Å². The first-order chi connectivity index (χ1) is 7.20. The third-order valence-corrected chi connectivity index (χ3v) is 2.65. The number of nitrogens with zero attached hydrogens (tertiary/aromatic N) is 2. The Morgan fingerprint density at radius 3 is 2.40 bits per heavy atom. The third kappa shape index (κ3) is 1.99. The van der Waals surface area contributed by atoms with Crippen molar-refractivity contribution in [1.29, 1.82) is 0 Å². The van der Waals surface area contributed by atoms with Crippen molar-refractivity contribution < 1.29 is 4.74 Å². The summed E-state index contributed by atoms with van der Waals surface area (Å²) in [4.78, 5) is 4.32. The molecule has 1 aromatic heterocycles. The smallest absolute Gasteiger partial charge is 0.165 e. The number of aromatic nitrogens is 2. The lowest BCUT2D eigenvalue weighted by molar-refractivity contribution is 0.415. The summed E-state index contributed by atoms with van der Waals surface area (Å²) in [5.41, 5.74) is 1.98. The van der Waals surface area contributed by atoms with Crippen molar-refractivity contribution in [2.45, 2.75) is 5.16 Å². The molecule has 2 rings (SSSR count). The van der Waals surface area contributed by atoms with Gasteiger partial charge in [-0.15, -0.1) is 12.6 Å². The van der Waals surface area contributed by atoms with E-state index < -0.39 is 0 Å². The average Bonchev–Trinajstić information content (AvgIpc) is 2.59. The molecule has 0 atom stereocenters. The standard InChI is InChI=1S/C11H12N2OS/c1-13-7-10(12-11(13)15)8-3-5-9(14-2)6-4-8/h3-7H,1-2H3,(H,12,15). The molecule has 0 aliphatic carbocycles. The van der Waals surface area contributed by atoms with Crippen LogP contribution in [0.25, 0.3) is 11.3 Å². The van der Waals surface area contributed by atoms with Gasteiger partial charge in [-0.25, -0.2) is 4.98 Å². The molecule has 0 amide bonds. The lowest BCUT2D eigenvalue weighted by atomic mass is 10.2. The first-order valence-corrected chi connectivity index (χ1v) is 5.02. The van der Waals surface area contributed by atoms with Crippen LogP contribution >= 0.6 is 12.6 Å². The number of methoxy groups -OCH3 is 1. The molecule has 1 heterocycles. The van der Waals surface area contributed by atoms with Gasteiger partial charge in [0, 0.05) is 18.8 Å². The molecule has 0 saturated heterocycles. The van der Waals surface area contributed by atoms with Crippen LogP contribution in [0.1, 0.15) is 0 Å². The highest BCUT2D eigenvalue weighted by atomic mass is 32.1. The Morgan fingerprint density at radius 2 is 1.93 bits per heavy atom. The maximum absolute atomic E-state index is 5.09. The number of thiol groups is 1. The summed E-state index contributed by atoms with van der Waals surface area (Å²) in [5.74, 6) is 0.848. The van der Waals surface area contributed by atoms with E-state index in [-0.39, 0.29) is 0 Å². The van der Waals surface area contributed by atoms with Crippen LogP contribution in [-0.2, 0) is 7.05 Å². The summed E-state index contributed by atoms with van der Waals surface area (Å²) < 4.78 is 6.97. The van der Waals surface area contributed by atoms with Gasteiger partial charge in [-0.3, -0.25) is 0 Å². The quantitative estimate of drug-likeness (QED) is 0.787. The molecule has 0 saturated carbocycles. The summed E-state index contributed by atoms with van der Waals surface area (Å²) in [6, 6.07) is 7.80. The lowest BCUT2D eigenvalue weighted by Gasteiger charge is -2.00. The van der Waals surface area contributed by atoms with Gasteiger partial charge < -0.3 is 9.30 Å². The molecule has 0 aliphatic heterocycles. The van der Waals surface area contributed by atoms with Gasteiger partial charge in [-0.05, 0) is 24.3 Å². The van der Waals surface area contributed by atoms with E-state index in [1.165, 1.54) is 0 Å². The zero-order chi connectivity index (χ0) is 10.8. The SMILES string of the molecule is COc1ccc(-c2cn(C)c(S)n2)cc1. The summed E-state index contributed by atoms with van der Waals surface area (Å²) in [5, 5.41) is 0.709. The number of hydrogen-bond donors (Lipinski definition) is 1. The van der Waals surface area contributed by atoms with Gasteiger partial charge in [0.15, 0.2) is 5.16 Å². The predicted molar refractivity (Wildman–Crippen MR) is 62.4 cm³/mol. The minimum absolute atomic E-state index is 0.709. The minimum Gasteiger partial charge on any atom is -0.497 e. The molecule has 0 N–H and O–H groups in total. The Bertz CT molecular complexity index is 442. The topological polar surface area (TPSA) is 27.1 Å². The van der Waals surface area contributed by atoms with Crippen LogP contribution in [0.5, 0.6) is 5.75 Å². The molecule has 15 heavy (non-hydrogen) atoms. The van der Waals surface area contributed by atoms with Crippen molar-refractivity contribution in [2.24, 2.45) is 7.05 Å². The van der Waals surface area contributed by atoms with E-state index >= 15 is 0 Å². The molecule has 0 bridgehead atoms. The van der Waals surface area contributed by atoms with E-state index in [1.807, 2.05) is 42.1 Å². The zero-order valence-corrected chi connectivity index (χ0v) is 9.53. The van der Waals surface area contributed by atoms with E-state index in [0.717, 1.165) is 17.0 Å². The van der Waals surface area contributed by atoms with Crippen LogP contribution < -0.4 is 4.74 Å². The molecular weight excluding hydrogens is 208 g/mol. The molecule has 0 fully saturated rings. The van der Waals surface area contributed by atoms with E-state index in [2.05, 4.69) is 17.6 Å². The number of imidazole rings is 1. The van der Waals surface area contributed by atoms with Crippen LogP contribution in [0, 0.1) is 0 Å². The Morgan fingerprint density at radius 1 is 1.27 bits per heavy atom. The van der Waals surface area contributed by atoms with Crippen LogP contribution in [-0.4, -0.2) is 16.7 Å². The van der Waals surface area contributed by atoms with E-state index in [1.54, 1.807) is 7.11 Å². The maximum atomic E-state index is 5.09. The van der Waals surface area contributed by atoms with Crippen LogP contribution in [0.3, 0.4) is 0 Å². The van der Waals surface area contributed by atoms with Crippen LogP contribution in [0.15, 0.2) is 35.6 Å². The zero-order valence-electron chi connectivity index (χ0n) is 8.64. The van der Waals surface area contributed by atoms with E-state index in [9.17, 15) is 0 Å². The molecule has 0 aliphatic rings. The highest BCUT2D eigenvalue weighted by Crippen LogP contribution is 2.22. The predicted octanol–water partition coefficient (Wildman–Crippen LogP) is 2.38. The fourth-order valence-corrected chi connectivity index (χ4v) is 1.52.